The van der Waals surface area contributed by atoms with Crippen molar-refractivity contribution in [1.29, 1.82) is 0 Å². The molecular formula is C25H10F25N3O5. The molecule has 0 atom stereocenters. The number of carbonyl (C=O) groups excluding carboxylic acids is 4. The number of halogens is 25. The van der Waals surface area contributed by atoms with E-state index in [1.54, 1.807) is 0 Å². The third kappa shape index (κ3) is 6.95. The van der Waals surface area contributed by atoms with Crippen molar-refractivity contribution in [2.75, 3.05) is 6.73 Å². The Bertz CT molecular complexity index is 1880. The van der Waals surface area contributed by atoms with Crippen LogP contribution in [0, 0.1) is 6.92 Å². The summed E-state index contributed by atoms with van der Waals surface area (Å²) in [5.74, 6) is -106. The average Bonchev–Trinajstić information content (AvgIpc) is 3.04. The second kappa shape index (κ2) is 14.8. The Balaban J connectivity index is 4.30. The number of hydrogen-bond acceptors (Lipinski definition) is 7. The fourth-order valence-corrected chi connectivity index (χ4v) is 4.01. The number of amides is 1. The lowest BCUT2D eigenvalue weighted by Gasteiger charge is -2.45. The van der Waals surface area contributed by atoms with Crippen molar-refractivity contribution in [3.8, 4) is 0 Å². The quantitative estimate of drug-likeness (QED) is 0.0585. The van der Waals surface area contributed by atoms with Crippen LogP contribution < -0.4 is 5.32 Å². The van der Waals surface area contributed by atoms with Gasteiger partial charge in [-0.1, -0.05) is 0 Å². The number of nitrogens with zero attached hydrogens (tertiary/aromatic N) is 2. The lowest BCUT2D eigenvalue weighted by molar-refractivity contribution is -0.482. The molecule has 8 nitrogen and oxygen atoms in total. The molecule has 1 aromatic rings. The predicted octanol–water partition coefficient (Wildman–Crippen LogP) is 9.19. The van der Waals surface area contributed by atoms with Gasteiger partial charge in [-0.05, 0) is 13.0 Å². The van der Waals surface area contributed by atoms with Gasteiger partial charge in [0.2, 0.25) is 12.2 Å². The van der Waals surface area contributed by atoms with Gasteiger partial charge >= 0.3 is 77.3 Å². The topological polar surface area (TPSA) is 114 Å². The molecule has 1 aromatic carbocycles. The molecule has 330 valence electrons. The van der Waals surface area contributed by atoms with Gasteiger partial charge in [0.25, 0.3) is 5.91 Å². The van der Waals surface area contributed by atoms with Gasteiger partial charge in [0.05, 0.1) is 22.5 Å². The molecule has 0 fully saturated rings. The molecule has 33 heteroatoms. The van der Waals surface area contributed by atoms with Crippen molar-refractivity contribution in [1.82, 2.24) is 5.32 Å². The van der Waals surface area contributed by atoms with Crippen LogP contribution in [-0.2, 0) is 25.0 Å². The number of aliphatic imine (C=N–C) groups is 2. The van der Waals surface area contributed by atoms with Crippen LogP contribution in [0.15, 0.2) is 16.1 Å². The first kappa shape index (κ1) is 51.2. The Labute approximate surface area is 300 Å². The lowest BCUT2D eigenvalue weighted by Crippen LogP contribution is -2.78. The molecule has 1 amide bonds. The highest BCUT2D eigenvalue weighted by molar-refractivity contribution is 5.99. The molecular weight excluding hydrogens is 897 g/mol. The van der Waals surface area contributed by atoms with E-state index in [0.717, 1.165) is 5.32 Å². The highest BCUT2D eigenvalue weighted by Gasteiger charge is 2.99. The van der Waals surface area contributed by atoms with Gasteiger partial charge in [0.15, 0.2) is 6.73 Å². The van der Waals surface area contributed by atoms with Gasteiger partial charge in [0.1, 0.15) is 0 Å². The summed E-state index contributed by atoms with van der Waals surface area (Å²) in [5.41, 5.74) is -11.2. The zero-order valence-electron chi connectivity index (χ0n) is 26.7. The SMILES string of the molecule is CC(=O)OCNC(=O)c1cc(N=C=O)c(C)c(N=C=O)c1C(F)(F)C(F)(F)C(F)(F)C(F)(F)C(F)(F)C(F)(F)C(F)(F)C(F)(F)C(F)(F)C(F)(F)C(F)(F)C(F)(F)F. The number of carbonyl (C=O) groups is 2. The average molecular weight is 907 g/mol. The lowest BCUT2D eigenvalue weighted by atomic mass is 9.82. The van der Waals surface area contributed by atoms with E-state index >= 15 is 17.6 Å². The van der Waals surface area contributed by atoms with E-state index in [9.17, 15) is 111 Å². The van der Waals surface area contributed by atoms with Gasteiger partial charge in [-0.15, -0.1) is 0 Å². The van der Waals surface area contributed by atoms with Crippen LogP contribution in [0.25, 0.3) is 0 Å². The van der Waals surface area contributed by atoms with Gasteiger partial charge in [-0.25, -0.2) is 9.59 Å². The Hall–Kier alpha value is -4.83. The minimum atomic E-state index is -9.82. The van der Waals surface area contributed by atoms with Crippen LogP contribution in [0.3, 0.4) is 0 Å². The van der Waals surface area contributed by atoms with Crippen LogP contribution in [0.4, 0.5) is 121 Å². The maximum absolute atomic E-state index is 15.5. The highest BCUT2D eigenvalue weighted by atomic mass is 19.4. The monoisotopic (exact) mass is 907 g/mol. The number of isocyanates is 2. The largest absolute Gasteiger partial charge is 0.460 e. The molecule has 0 aliphatic carbocycles. The number of rotatable bonds is 16. The summed E-state index contributed by atoms with van der Waals surface area (Å²) in [6.45, 7) is -0.828. The summed E-state index contributed by atoms with van der Waals surface area (Å²) < 4.78 is 354. The fourth-order valence-electron chi connectivity index (χ4n) is 4.01. The molecule has 1 rings (SSSR count). The number of ether oxygens (including phenoxy) is 1. The van der Waals surface area contributed by atoms with Crippen molar-refractivity contribution in [3.63, 3.8) is 0 Å². The third-order valence-corrected chi connectivity index (χ3v) is 7.22. The fraction of sp³-hybridized carbons (Fsp3) is 0.600. The summed E-state index contributed by atoms with van der Waals surface area (Å²) in [6.07, 6.45) is -7.52. The third-order valence-electron chi connectivity index (χ3n) is 7.22. The molecule has 0 saturated carbocycles. The highest BCUT2D eigenvalue weighted by Crippen LogP contribution is 2.68. The van der Waals surface area contributed by atoms with Crippen molar-refractivity contribution in [2.45, 2.75) is 85.2 Å². The molecule has 0 unspecified atom stereocenters. The van der Waals surface area contributed by atoms with Crippen molar-refractivity contribution in [3.05, 3.63) is 22.8 Å². The van der Waals surface area contributed by atoms with Crippen LogP contribution in [0.5, 0.6) is 0 Å². The molecule has 0 radical (unpaired) electrons. The van der Waals surface area contributed by atoms with Crippen molar-refractivity contribution in [2.24, 2.45) is 9.98 Å². The maximum atomic E-state index is 15.5. The zero-order chi connectivity index (χ0) is 46.7. The Morgan fingerprint density at radius 1 is 0.569 bits per heavy atom. The summed E-state index contributed by atoms with van der Waals surface area (Å²) in [7, 11) is 0. The van der Waals surface area contributed by atoms with Gasteiger partial charge in [-0.3, -0.25) is 9.59 Å². The smallest absolute Gasteiger partial charge is 0.445 e. The van der Waals surface area contributed by atoms with E-state index in [0.29, 0.717) is 13.0 Å². The summed E-state index contributed by atoms with van der Waals surface area (Å²) in [5, 5.41) is 1.16. The first-order chi connectivity index (χ1) is 25.4. The molecule has 1 N–H and O–H groups in total. The standard InChI is InChI=1S/C25H10F25N3O5/c1-7-10(51-4-54)3-9(13(57)53-6-58-8(2)56)11(12(7)52-5-55)14(26,27)15(28,29)16(30,31)17(32,33)18(34,35)19(36,37)20(38,39)21(40,41)22(42,43)23(44,45)24(46,47)25(48,49)50/h3H,6H2,1-2H3,(H,53,57). The molecule has 0 aliphatic heterocycles. The Morgan fingerprint density at radius 2 is 0.897 bits per heavy atom. The minimum Gasteiger partial charge on any atom is -0.445 e. The van der Waals surface area contributed by atoms with E-state index in [1.807, 2.05) is 0 Å². The van der Waals surface area contributed by atoms with E-state index in [2.05, 4.69) is 14.7 Å². The molecule has 0 heterocycles. The summed E-state index contributed by atoms with van der Waals surface area (Å²) >= 11 is 0. The van der Waals surface area contributed by atoms with Crippen LogP contribution in [0.1, 0.15) is 28.4 Å². The van der Waals surface area contributed by atoms with Crippen LogP contribution >= 0.6 is 0 Å². The van der Waals surface area contributed by atoms with E-state index in [4.69, 9.17) is 0 Å². The van der Waals surface area contributed by atoms with E-state index < -0.39 is 124 Å². The van der Waals surface area contributed by atoms with Crippen LogP contribution in [-0.4, -0.2) is 96.2 Å². The van der Waals surface area contributed by atoms with Gasteiger partial charge < -0.3 is 10.1 Å². The zero-order valence-corrected chi connectivity index (χ0v) is 26.7. The molecule has 58 heavy (non-hydrogen) atoms. The molecule has 0 saturated heterocycles. The first-order valence-electron chi connectivity index (χ1n) is 13.4. The molecule has 0 aromatic heterocycles. The Morgan fingerprint density at radius 3 is 1.21 bits per heavy atom. The number of nitrogens with one attached hydrogen (secondary N) is 1. The molecule has 0 aliphatic rings. The van der Waals surface area contributed by atoms with Crippen molar-refractivity contribution >= 4 is 35.4 Å². The van der Waals surface area contributed by atoms with Gasteiger partial charge in [-0.2, -0.15) is 120 Å². The second-order valence-corrected chi connectivity index (χ2v) is 10.8. The minimum absolute atomic E-state index is 0.189. The number of hydrogen-bond donors (Lipinski definition) is 1. The Kier molecular flexibility index (Phi) is 13.0. The first-order valence-corrected chi connectivity index (χ1v) is 13.4. The predicted molar refractivity (Wildman–Crippen MR) is 130 cm³/mol. The van der Waals surface area contributed by atoms with E-state index in [-0.39, 0.29) is 13.0 Å². The number of esters is 1. The molecule has 0 bridgehead atoms. The number of benzene rings is 1. The van der Waals surface area contributed by atoms with Gasteiger partial charge in [0, 0.05) is 12.5 Å². The maximum Gasteiger partial charge on any atom is 0.460 e. The number of alkyl halides is 25. The normalized spacial score (nSPS) is 14.7. The van der Waals surface area contributed by atoms with E-state index in [1.165, 1.54) is 0 Å². The molecule has 0 spiro atoms. The summed E-state index contributed by atoms with van der Waals surface area (Å²) in [6, 6.07) is -0.424. The van der Waals surface area contributed by atoms with Crippen LogP contribution in [0.2, 0.25) is 0 Å². The second-order valence-electron chi connectivity index (χ2n) is 10.8. The summed E-state index contributed by atoms with van der Waals surface area (Å²) in [4.78, 5) is 49.9. The van der Waals surface area contributed by atoms with Crippen molar-refractivity contribution < 1.29 is 134 Å².